The number of nitrogens with zero attached hydrogens (tertiary/aromatic N) is 2. The maximum absolute atomic E-state index is 6.07. The molecule has 2 aliphatic heterocycles. The van der Waals surface area contributed by atoms with Crippen LogP contribution >= 0.6 is 11.8 Å². The molecule has 0 aromatic carbocycles. The van der Waals surface area contributed by atoms with E-state index < -0.39 is 0 Å². The number of hydrogen-bond donors (Lipinski definition) is 0. The Labute approximate surface area is 125 Å². The maximum Gasteiger partial charge on any atom is 0.138 e. The summed E-state index contributed by atoms with van der Waals surface area (Å²) in [7, 11) is 0. The second kappa shape index (κ2) is 5.23. The largest absolute Gasteiger partial charge is 0.488 e. The van der Waals surface area contributed by atoms with Crippen LogP contribution in [-0.4, -0.2) is 45.6 Å². The van der Waals surface area contributed by atoms with Gasteiger partial charge in [0, 0.05) is 42.2 Å². The number of ether oxygens (including phenoxy) is 1. The summed E-state index contributed by atoms with van der Waals surface area (Å²) in [5, 5.41) is 0. The topological polar surface area (TPSA) is 25.4 Å². The molecule has 1 spiro atoms. The predicted molar refractivity (Wildman–Crippen MR) is 82.3 cm³/mol. The smallest absolute Gasteiger partial charge is 0.138 e. The van der Waals surface area contributed by atoms with Gasteiger partial charge in [0.25, 0.3) is 0 Å². The zero-order chi connectivity index (χ0) is 13.4. The first-order valence-electron chi connectivity index (χ1n) is 7.78. The van der Waals surface area contributed by atoms with Crippen molar-refractivity contribution in [3.05, 3.63) is 24.5 Å². The zero-order valence-corrected chi connectivity index (χ0v) is 12.6. The molecule has 1 aromatic heterocycles. The van der Waals surface area contributed by atoms with E-state index in [9.17, 15) is 0 Å². The normalized spacial score (nSPS) is 29.7. The average Bonchev–Trinajstić information content (AvgIpc) is 3.07. The quantitative estimate of drug-likeness (QED) is 0.854. The summed E-state index contributed by atoms with van der Waals surface area (Å²) in [6.45, 7) is 2.57. The van der Waals surface area contributed by atoms with Gasteiger partial charge in [0.2, 0.25) is 0 Å². The molecule has 0 bridgehead atoms. The SMILES string of the molecule is c1cncc(O[C@H]2CSC3(C2)CN(C2CCCC2)C3)c1. The van der Waals surface area contributed by atoms with E-state index >= 15 is 0 Å². The number of rotatable bonds is 3. The first-order chi connectivity index (χ1) is 9.83. The van der Waals surface area contributed by atoms with Crippen molar-refractivity contribution in [2.24, 2.45) is 0 Å². The van der Waals surface area contributed by atoms with Gasteiger partial charge in [0.05, 0.1) is 6.20 Å². The molecule has 20 heavy (non-hydrogen) atoms. The predicted octanol–water partition coefficient (Wildman–Crippen LogP) is 2.96. The van der Waals surface area contributed by atoms with Crippen molar-refractivity contribution in [2.75, 3.05) is 18.8 Å². The van der Waals surface area contributed by atoms with Crippen molar-refractivity contribution >= 4 is 11.8 Å². The van der Waals surface area contributed by atoms with E-state index in [1.54, 1.807) is 6.20 Å². The number of hydrogen-bond acceptors (Lipinski definition) is 4. The molecule has 3 nitrogen and oxygen atoms in total. The van der Waals surface area contributed by atoms with E-state index in [4.69, 9.17) is 4.74 Å². The minimum Gasteiger partial charge on any atom is -0.488 e. The van der Waals surface area contributed by atoms with Gasteiger partial charge in [-0.1, -0.05) is 12.8 Å². The molecule has 108 valence electrons. The molecule has 0 amide bonds. The average molecular weight is 290 g/mol. The molecule has 0 radical (unpaired) electrons. The first kappa shape index (κ1) is 13.0. The van der Waals surface area contributed by atoms with Gasteiger partial charge < -0.3 is 4.74 Å². The van der Waals surface area contributed by atoms with Gasteiger partial charge in [0.1, 0.15) is 11.9 Å². The Bertz CT molecular complexity index is 455. The highest BCUT2D eigenvalue weighted by Gasteiger charge is 2.51. The zero-order valence-electron chi connectivity index (χ0n) is 11.8. The van der Waals surface area contributed by atoms with Crippen LogP contribution in [0.4, 0.5) is 0 Å². The summed E-state index contributed by atoms with van der Waals surface area (Å²) in [6, 6.07) is 4.84. The van der Waals surface area contributed by atoms with Gasteiger partial charge in [-0.3, -0.25) is 9.88 Å². The molecule has 1 aromatic rings. The van der Waals surface area contributed by atoms with Crippen LogP contribution in [0.25, 0.3) is 0 Å². The van der Waals surface area contributed by atoms with Gasteiger partial charge in [-0.2, -0.15) is 0 Å². The van der Waals surface area contributed by atoms with Crippen LogP contribution in [0.5, 0.6) is 5.75 Å². The van der Waals surface area contributed by atoms with Crippen molar-refractivity contribution in [2.45, 2.75) is 49.0 Å². The molecule has 0 unspecified atom stereocenters. The van der Waals surface area contributed by atoms with E-state index in [2.05, 4.69) is 21.6 Å². The second-order valence-electron chi connectivity index (χ2n) is 6.47. The standard InChI is InChI=1S/C16H22N2OS/c1-2-5-13(4-1)18-11-16(12-18)8-15(10-20-16)19-14-6-3-7-17-9-14/h3,6-7,9,13,15H,1-2,4-5,8,10-12H2/t15-/m1/s1. The molecule has 4 rings (SSSR count). The lowest BCUT2D eigenvalue weighted by atomic mass is 9.91. The van der Waals surface area contributed by atoms with Gasteiger partial charge in [-0.05, 0) is 25.0 Å². The number of thioether (sulfide) groups is 1. The summed E-state index contributed by atoms with van der Waals surface area (Å²) in [5.41, 5.74) is 0. The third-order valence-electron chi connectivity index (χ3n) is 4.94. The Kier molecular flexibility index (Phi) is 3.39. The fraction of sp³-hybridized carbons (Fsp3) is 0.688. The van der Waals surface area contributed by atoms with Crippen molar-refractivity contribution in [3.63, 3.8) is 0 Å². The first-order valence-corrected chi connectivity index (χ1v) is 8.76. The number of aromatic nitrogens is 1. The molecule has 1 aliphatic carbocycles. The Morgan fingerprint density at radius 2 is 2.15 bits per heavy atom. The number of likely N-dealkylation sites (tertiary alicyclic amines) is 1. The fourth-order valence-electron chi connectivity index (χ4n) is 3.93. The summed E-state index contributed by atoms with van der Waals surface area (Å²) in [6.07, 6.45) is 10.9. The third kappa shape index (κ3) is 2.44. The molecule has 3 aliphatic rings. The highest BCUT2D eigenvalue weighted by molar-refractivity contribution is 8.01. The van der Waals surface area contributed by atoms with E-state index in [-0.39, 0.29) is 0 Å². The fourth-order valence-corrected chi connectivity index (χ4v) is 5.47. The summed E-state index contributed by atoms with van der Waals surface area (Å²) in [4.78, 5) is 6.84. The summed E-state index contributed by atoms with van der Waals surface area (Å²) >= 11 is 2.13. The van der Waals surface area contributed by atoms with Crippen molar-refractivity contribution in [1.82, 2.24) is 9.88 Å². The Morgan fingerprint density at radius 1 is 1.30 bits per heavy atom. The molecular formula is C16H22N2OS. The number of pyridine rings is 1. The van der Waals surface area contributed by atoms with E-state index in [1.165, 1.54) is 45.2 Å². The molecular weight excluding hydrogens is 268 g/mol. The Morgan fingerprint density at radius 3 is 2.90 bits per heavy atom. The summed E-state index contributed by atoms with van der Waals surface area (Å²) < 4.78 is 6.56. The van der Waals surface area contributed by atoms with E-state index in [1.807, 2.05) is 18.3 Å². The maximum atomic E-state index is 6.07. The van der Waals surface area contributed by atoms with Crippen LogP contribution in [0.3, 0.4) is 0 Å². The van der Waals surface area contributed by atoms with Crippen LogP contribution in [0.15, 0.2) is 24.5 Å². The van der Waals surface area contributed by atoms with Crippen LogP contribution in [-0.2, 0) is 0 Å². The van der Waals surface area contributed by atoms with Gasteiger partial charge in [0.15, 0.2) is 0 Å². The molecule has 1 atom stereocenters. The van der Waals surface area contributed by atoms with Crippen molar-refractivity contribution in [1.29, 1.82) is 0 Å². The lowest BCUT2D eigenvalue weighted by molar-refractivity contribution is 0.0602. The monoisotopic (exact) mass is 290 g/mol. The van der Waals surface area contributed by atoms with Crippen LogP contribution in [0.2, 0.25) is 0 Å². The second-order valence-corrected chi connectivity index (χ2v) is 7.96. The van der Waals surface area contributed by atoms with Crippen LogP contribution in [0.1, 0.15) is 32.1 Å². The van der Waals surface area contributed by atoms with Gasteiger partial charge in [-0.25, -0.2) is 0 Å². The van der Waals surface area contributed by atoms with Crippen LogP contribution in [0, 0.1) is 0 Å². The lowest BCUT2D eigenvalue weighted by Crippen LogP contribution is -2.61. The van der Waals surface area contributed by atoms with Crippen molar-refractivity contribution < 1.29 is 4.74 Å². The highest BCUT2D eigenvalue weighted by Crippen LogP contribution is 2.47. The molecule has 1 saturated carbocycles. The van der Waals surface area contributed by atoms with Gasteiger partial charge in [-0.15, -0.1) is 11.8 Å². The molecule has 0 N–H and O–H groups in total. The minimum atomic E-state index is 0.370. The van der Waals surface area contributed by atoms with E-state index in [0.717, 1.165) is 17.5 Å². The third-order valence-corrected chi connectivity index (χ3v) is 6.51. The van der Waals surface area contributed by atoms with Crippen molar-refractivity contribution in [3.8, 4) is 5.75 Å². The Balaban J connectivity index is 1.31. The Hall–Kier alpha value is -0.740. The highest BCUT2D eigenvalue weighted by atomic mass is 32.2. The van der Waals surface area contributed by atoms with Gasteiger partial charge >= 0.3 is 0 Å². The molecule has 4 heteroatoms. The minimum absolute atomic E-state index is 0.370. The summed E-state index contributed by atoms with van der Waals surface area (Å²) in [5.74, 6) is 2.05. The molecule has 3 heterocycles. The van der Waals surface area contributed by atoms with Crippen LogP contribution < -0.4 is 4.74 Å². The van der Waals surface area contributed by atoms with E-state index in [0.29, 0.717) is 10.9 Å². The lowest BCUT2D eigenvalue weighted by Gasteiger charge is -2.50. The molecule has 3 fully saturated rings. The molecule has 2 saturated heterocycles.